The number of carbonyl (C=O) groups excluding carboxylic acids is 1. The van der Waals surface area contributed by atoms with Gasteiger partial charge in [0.2, 0.25) is 0 Å². The number of nitrogens with zero attached hydrogens (tertiary/aromatic N) is 1. The Morgan fingerprint density at radius 1 is 1.13 bits per heavy atom. The number of benzene rings is 2. The molecule has 0 saturated carbocycles. The molecule has 0 aliphatic carbocycles. The van der Waals surface area contributed by atoms with Crippen molar-refractivity contribution in [2.45, 2.75) is 24.7 Å². The van der Waals surface area contributed by atoms with Crippen molar-refractivity contribution in [1.82, 2.24) is 0 Å². The number of aryl methyl sites for hydroxylation is 2. The van der Waals surface area contributed by atoms with Crippen LogP contribution >= 0.6 is 11.3 Å². The molecule has 6 nitrogen and oxygen atoms in total. The van der Waals surface area contributed by atoms with E-state index >= 15 is 0 Å². The predicted octanol–water partition coefficient (Wildman–Crippen LogP) is 4.46. The van der Waals surface area contributed by atoms with Crippen molar-refractivity contribution >= 4 is 38.6 Å². The van der Waals surface area contributed by atoms with Gasteiger partial charge in [0.25, 0.3) is 15.9 Å². The van der Waals surface area contributed by atoms with Crippen LogP contribution in [-0.4, -0.2) is 28.0 Å². The molecule has 4 rings (SSSR count). The summed E-state index contributed by atoms with van der Waals surface area (Å²) in [5, 5.41) is 4.84. The maximum atomic E-state index is 13.2. The number of hydrogen-bond donors (Lipinski definition) is 1. The molecule has 30 heavy (non-hydrogen) atoms. The van der Waals surface area contributed by atoms with E-state index in [-0.39, 0.29) is 10.8 Å². The standard InChI is InChI=1S/C22H22N2O4S2/c1-15-12-21(29-14-15)22(25)23-17-5-10-20-16(13-17)4-3-11-24(20)30(26,27)19-8-6-18(28-2)7-9-19/h5-10,12-14H,3-4,11H2,1-2H3,(H,23,25). The number of carbonyl (C=O) groups is 1. The van der Waals surface area contributed by atoms with Crippen molar-refractivity contribution in [3.8, 4) is 5.75 Å². The molecule has 2 aromatic carbocycles. The monoisotopic (exact) mass is 442 g/mol. The van der Waals surface area contributed by atoms with Gasteiger partial charge in [-0.1, -0.05) is 0 Å². The van der Waals surface area contributed by atoms with E-state index in [4.69, 9.17) is 4.74 Å². The number of anilines is 2. The Balaban J connectivity index is 1.60. The molecule has 8 heteroatoms. The van der Waals surface area contributed by atoms with Crippen LogP contribution in [0.4, 0.5) is 11.4 Å². The lowest BCUT2D eigenvalue weighted by molar-refractivity contribution is 0.103. The first-order valence-electron chi connectivity index (χ1n) is 9.55. The summed E-state index contributed by atoms with van der Waals surface area (Å²) in [5.74, 6) is 0.445. The third kappa shape index (κ3) is 3.93. The van der Waals surface area contributed by atoms with Gasteiger partial charge in [-0.2, -0.15) is 0 Å². The van der Waals surface area contributed by atoms with Crippen molar-refractivity contribution in [1.29, 1.82) is 0 Å². The number of rotatable bonds is 5. The second-order valence-corrected chi connectivity index (χ2v) is 9.92. The summed E-state index contributed by atoms with van der Waals surface area (Å²) >= 11 is 1.40. The number of hydrogen-bond acceptors (Lipinski definition) is 5. The molecular formula is C22H22N2O4S2. The Hall–Kier alpha value is -2.84. The van der Waals surface area contributed by atoms with Gasteiger partial charge in [0.05, 0.1) is 22.6 Å². The van der Waals surface area contributed by atoms with Gasteiger partial charge in [-0.05, 0) is 84.8 Å². The van der Waals surface area contributed by atoms with Gasteiger partial charge in [-0.3, -0.25) is 9.10 Å². The second-order valence-electron chi connectivity index (χ2n) is 7.14. The van der Waals surface area contributed by atoms with Crippen LogP contribution in [0.5, 0.6) is 5.75 Å². The first-order chi connectivity index (χ1) is 14.4. The zero-order valence-corrected chi connectivity index (χ0v) is 18.3. The molecule has 0 fully saturated rings. The Bertz CT molecular complexity index is 1180. The lowest BCUT2D eigenvalue weighted by Gasteiger charge is -2.31. The smallest absolute Gasteiger partial charge is 0.265 e. The number of sulfonamides is 1. The SMILES string of the molecule is COc1ccc(S(=O)(=O)N2CCCc3cc(NC(=O)c4cc(C)cs4)ccc32)cc1. The second kappa shape index (κ2) is 8.12. The lowest BCUT2D eigenvalue weighted by Crippen LogP contribution is -2.35. The highest BCUT2D eigenvalue weighted by Gasteiger charge is 2.29. The number of thiophene rings is 1. The average molecular weight is 443 g/mol. The normalized spacial score (nSPS) is 13.6. The Kier molecular flexibility index (Phi) is 5.53. The Morgan fingerprint density at radius 3 is 2.57 bits per heavy atom. The largest absolute Gasteiger partial charge is 0.497 e. The van der Waals surface area contributed by atoms with Crippen LogP contribution in [0.2, 0.25) is 0 Å². The molecule has 0 unspecified atom stereocenters. The summed E-state index contributed by atoms with van der Waals surface area (Å²) in [6.45, 7) is 2.37. The zero-order valence-electron chi connectivity index (χ0n) is 16.7. The van der Waals surface area contributed by atoms with Gasteiger partial charge in [0, 0.05) is 12.2 Å². The maximum Gasteiger partial charge on any atom is 0.265 e. The number of methoxy groups -OCH3 is 1. The Morgan fingerprint density at radius 2 is 1.90 bits per heavy atom. The average Bonchev–Trinajstić information content (AvgIpc) is 3.19. The predicted molar refractivity (Wildman–Crippen MR) is 119 cm³/mol. The van der Waals surface area contributed by atoms with Crippen LogP contribution in [0.3, 0.4) is 0 Å². The molecule has 156 valence electrons. The van der Waals surface area contributed by atoms with E-state index in [0.717, 1.165) is 17.5 Å². The fraction of sp³-hybridized carbons (Fsp3) is 0.227. The van der Waals surface area contributed by atoms with Gasteiger partial charge in [0.1, 0.15) is 5.75 Å². The van der Waals surface area contributed by atoms with Gasteiger partial charge in [-0.25, -0.2) is 8.42 Å². The van der Waals surface area contributed by atoms with E-state index in [2.05, 4.69) is 5.32 Å². The summed E-state index contributed by atoms with van der Waals surface area (Å²) in [4.78, 5) is 13.3. The van der Waals surface area contributed by atoms with Crippen molar-refractivity contribution in [3.63, 3.8) is 0 Å². The van der Waals surface area contributed by atoms with Crippen LogP contribution in [0.1, 0.15) is 27.2 Å². The summed E-state index contributed by atoms with van der Waals surface area (Å²) in [5.41, 5.74) is 3.27. The molecule has 1 aliphatic rings. The lowest BCUT2D eigenvalue weighted by atomic mass is 10.0. The highest BCUT2D eigenvalue weighted by molar-refractivity contribution is 7.92. The number of amides is 1. The fourth-order valence-electron chi connectivity index (χ4n) is 3.51. The number of fused-ring (bicyclic) bond motifs is 1. The topological polar surface area (TPSA) is 75.7 Å². The van der Waals surface area contributed by atoms with Gasteiger partial charge in [-0.15, -0.1) is 11.3 Å². The highest BCUT2D eigenvalue weighted by Crippen LogP contribution is 2.34. The number of nitrogens with one attached hydrogen (secondary N) is 1. The molecule has 3 aromatic rings. The van der Waals surface area contributed by atoms with Gasteiger partial charge in [0.15, 0.2) is 0 Å². The minimum atomic E-state index is -3.68. The van der Waals surface area contributed by atoms with Crippen LogP contribution in [0.25, 0.3) is 0 Å². The quantitative estimate of drug-likeness (QED) is 0.633. The summed E-state index contributed by atoms with van der Waals surface area (Å²) in [7, 11) is -2.14. The molecule has 2 heterocycles. The molecule has 1 aliphatic heterocycles. The Labute approximate surface area is 180 Å². The van der Waals surface area contributed by atoms with E-state index in [1.54, 1.807) is 43.5 Å². The van der Waals surface area contributed by atoms with Crippen molar-refractivity contribution < 1.29 is 17.9 Å². The minimum Gasteiger partial charge on any atom is -0.497 e. The molecule has 0 spiro atoms. The molecule has 1 aromatic heterocycles. The fourth-order valence-corrected chi connectivity index (χ4v) is 5.84. The van der Waals surface area contributed by atoms with Gasteiger partial charge < -0.3 is 10.1 Å². The molecule has 0 radical (unpaired) electrons. The molecule has 0 saturated heterocycles. The first kappa shape index (κ1) is 20.4. The zero-order chi connectivity index (χ0) is 21.3. The molecule has 0 bridgehead atoms. The van der Waals surface area contributed by atoms with E-state index in [0.29, 0.717) is 35.0 Å². The van der Waals surface area contributed by atoms with E-state index in [1.165, 1.54) is 15.6 Å². The van der Waals surface area contributed by atoms with E-state index in [9.17, 15) is 13.2 Å². The molecule has 1 N–H and O–H groups in total. The van der Waals surface area contributed by atoms with E-state index in [1.807, 2.05) is 24.4 Å². The van der Waals surface area contributed by atoms with Crippen LogP contribution in [-0.2, 0) is 16.4 Å². The van der Waals surface area contributed by atoms with Gasteiger partial charge >= 0.3 is 0 Å². The first-order valence-corrected chi connectivity index (χ1v) is 11.9. The van der Waals surface area contributed by atoms with E-state index < -0.39 is 10.0 Å². The summed E-state index contributed by atoms with van der Waals surface area (Å²) in [6, 6.07) is 13.6. The minimum absolute atomic E-state index is 0.161. The highest BCUT2D eigenvalue weighted by atomic mass is 32.2. The number of ether oxygens (including phenoxy) is 1. The molecular weight excluding hydrogens is 420 g/mol. The van der Waals surface area contributed by atoms with Crippen molar-refractivity contribution in [2.24, 2.45) is 0 Å². The third-order valence-electron chi connectivity index (χ3n) is 5.02. The molecule has 0 atom stereocenters. The van der Waals surface area contributed by atoms with Crippen molar-refractivity contribution in [3.05, 3.63) is 69.9 Å². The van der Waals surface area contributed by atoms with Crippen molar-refractivity contribution in [2.75, 3.05) is 23.3 Å². The van der Waals surface area contributed by atoms with Crippen LogP contribution < -0.4 is 14.4 Å². The molecule has 1 amide bonds. The summed E-state index contributed by atoms with van der Waals surface area (Å²) in [6.07, 6.45) is 1.47. The summed E-state index contributed by atoms with van der Waals surface area (Å²) < 4.78 is 33.0. The third-order valence-corrected chi connectivity index (χ3v) is 7.89. The maximum absolute atomic E-state index is 13.2. The van der Waals surface area contributed by atoms with Crippen LogP contribution in [0.15, 0.2) is 58.8 Å². The van der Waals surface area contributed by atoms with Crippen LogP contribution in [0, 0.1) is 6.92 Å².